The molecule has 1 heterocycles. The van der Waals surface area contributed by atoms with Crippen LogP contribution in [0.25, 0.3) is 0 Å². The van der Waals surface area contributed by atoms with Crippen LogP contribution in [0.1, 0.15) is 10.9 Å². The van der Waals surface area contributed by atoms with Crippen LogP contribution in [0.3, 0.4) is 0 Å². The molecule has 0 saturated heterocycles. The van der Waals surface area contributed by atoms with Crippen molar-refractivity contribution >= 4 is 17.3 Å². The predicted octanol–water partition coefficient (Wildman–Crippen LogP) is 1.18. The zero-order valence-electron chi connectivity index (χ0n) is 7.03. The molecule has 3 nitrogen and oxygen atoms in total. The molecule has 0 saturated carbocycles. The van der Waals surface area contributed by atoms with Gasteiger partial charge in [-0.3, -0.25) is 0 Å². The highest BCUT2D eigenvalue weighted by Crippen LogP contribution is 2.19. The fourth-order valence-electron chi connectivity index (χ4n) is 0.950. The zero-order chi connectivity index (χ0) is 8.97. The molecule has 4 heteroatoms. The predicted molar refractivity (Wildman–Crippen MR) is 48.1 cm³/mol. The molecule has 0 aliphatic carbocycles. The SMILES string of the molecule is CNC(C(=O)OC)c1cccs1. The summed E-state index contributed by atoms with van der Waals surface area (Å²) in [5, 5.41) is 4.82. The maximum atomic E-state index is 11.2. The minimum atomic E-state index is -0.324. The van der Waals surface area contributed by atoms with Crippen molar-refractivity contribution in [1.29, 1.82) is 0 Å². The fraction of sp³-hybridized carbons (Fsp3) is 0.375. The molecule has 1 aromatic rings. The number of rotatable bonds is 3. The highest BCUT2D eigenvalue weighted by atomic mass is 32.1. The van der Waals surface area contributed by atoms with E-state index >= 15 is 0 Å². The number of nitrogens with one attached hydrogen (secondary N) is 1. The van der Waals surface area contributed by atoms with E-state index in [2.05, 4.69) is 10.1 Å². The molecular weight excluding hydrogens is 174 g/mol. The molecule has 1 unspecified atom stereocenters. The normalized spacial score (nSPS) is 12.5. The Morgan fingerprint density at radius 2 is 2.50 bits per heavy atom. The summed E-state index contributed by atoms with van der Waals surface area (Å²) in [6.07, 6.45) is 0. The van der Waals surface area contributed by atoms with Gasteiger partial charge in [0, 0.05) is 4.88 Å². The van der Waals surface area contributed by atoms with Gasteiger partial charge in [-0.05, 0) is 18.5 Å². The highest BCUT2D eigenvalue weighted by molar-refractivity contribution is 7.10. The summed E-state index contributed by atoms with van der Waals surface area (Å²) in [7, 11) is 3.13. The van der Waals surface area contributed by atoms with Gasteiger partial charge in [0.25, 0.3) is 0 Å². The molecule has 1 rings (SSSR count). The standard InChI is InChI=1S/C8H11NO2S/c1-9-7(8(10)11-2)6-4-3-5-12-6/h3-5,7,9H,1-2H3. The van der Waals surface area contributed by atoms with Crippen LogP contribution in [0.4, 0.5) is 0 Å². The highest BCUT2D eigenvalue weighted by Gasteiger charge is 2.19. The number of methoxy groups -OCH3 is 1. The summed E-state index contributed by atoms with van der Waals surface area (Å²) in [6, 6.07) is 3.49. The van der Waals surface area contributed by atoms with Gasteiger partial charge in [-0.25, -0.2) is 4.79 Å². The van der Waals surface area contributed by atoms with Gasteiger partial charge in [0.15, 0.2) is 0 Å². The van der Waals surface area contributed by atoms with Crippen LogP contribution in [0, 0.1) is 0 Å². The van der Waals surface area contributed by atoms with E-state index < -0.39 is 0 Å². The van der Waals surface area contributed by atoms with E-state index in [-0.39, 0.29) is 12.0 Å². The van der Waals surface area contributed by atoms with E-state index in [0.29, 0.717) is 0 Å². The molecule has 0 spiro atoms. The van der Waals surface area contributed by atoms with Crippen LogP contribution in [-0.2, 0) is 9.53 Å². The summed E-state index contributed by atoms with van der Waals surface area (Å²) >= 11 is 1.54. The molecule has 1 N–H and O–H groups in total. The van der Waals surface area contributed by atoms with E-state index in [1.807, 2.05) is 17.5 Å². The van der Waals surface area contributed by atoms with Crippen LogP contribution >= 0.6 is 11.3 Å². The zero-order valence-corrected chi connectivity index (χ0v) is 7.85. The summed E-state index contributed by atoms with van der Waals surface area (Å²) in [5.41, 5.74) is 0. The largest absolute Gasteiger partial charge is 0.468 e. The van der Waals surface area contributed by atoms with Crippen molar-refractivity contribution in [1.82, 2.24) is 5.32 Å². The second-order valence-electron chi connectivity index (χ2n) is 2.26. The van der Waals surface area contributed by atoms with Crippen LogP contribution in [0.15, 0.2) is 17.5 Å². The summed E-state index contributed by atoms with van der Waals surface area (Å²) in [6.45, 7) is 0. The van der Waals surface area contributed by atoms with Crippen molar-refractivity contribution in [2.45, 2.75) is 6.04 Å². The first-order chi connectivity index (χ1) is 5.79. The smallest absolute Gasteiger partial charge is 0.328 e. The lowest BCUT2D eigenvalue weighted by Crippen LogP contribution is -2.25. The van der Waals surface area contributed by atoms with E-state index in [4.69, 9.17) is 0 Å². The van der Waals surface area contributed by atoms with Gasteiger partial charge in [0.1, 0.15) is 6.04 Å². The average molecular weight is 185 g/mol. The minimum Gasteiger partial charge on any atom is -0.468 e. The van der Waals surface area contributed by atoms with Crippen molar-refractivity contribution < 1.29 is 9.53 Å². The fourth-order valence-corrected chi connectivity index (χ4v) is 1.77. The van der Waals surface area contributed by atoms with Crippen molar-refractivity contribution in [2.75, 3.05) is 14.2 Å². The quantitative estimate of drug-likeness (QED) is 0.719. The van der Waals surface area contributed by atoms with Gasteiger partial charge < -0.3 is 10.1 Å². The molecule has 1 aromatic heterocycles. The van der Waals surface area contributed by atoms with Gasteiger partial charge >= 0.3 is 5.97 Å². The molecule has 1 atom stereocenters. The van der Waals surface area contributed by atoms with Crippen molar-refractivity contribution in [2.24, 2.45) is 0 Å². The molecule has 0 bridgehead atoms. The van der Waals surface area contributed by atoms with Crippen LogP contribution in [0.5, 0.6) is 0 Å². The number of likely N-dealkylation sites (N-methyl/N-ethyl adjacent to an activating group) is 1. The van der Waals surface area contributed by atoms with Gasteiger partial charge in [0.05, 0.1) is 7.11 Å². The first-order valence-corrected chi connectivity index (χ1v) is 4.46. The number of hydrogen-bond donors (Lipinski definition) is 1. The van der Waals surface area contributed by atoms with Crippen molar-refractivity contribution in [3.63, 3.8) is 0 Å². The van der Waals surface area contributed by atoms with Gasteiger partial charge in [-0.2, -0.15) is 0 Å². The van der Waals surface area contributed by atoms with E-state index in [0.717, 1.165) is 4.88 Å². The number of esters is 1. The second kappa shape index (κ2) is 4.23. The first kappa shape index (κ1) is 9.22. The van der Waals surface area contributed by atoms with E-state index in [9.17, 15) is 4.79 Å². The second-order valence-corrected chi connectivity index (χ2v) is 3.24. The molecule has 0 radical (unpaired) electrons. The Kier molecular flexibility index (Phi) is 3.25. The monoisotopic (exact) mass is 185 g/mol. The molecule has 0 fully saturated rings. The Balaban J connectivity index is 2.76. The molecule has 12 heavy (non-hydrogen) atoms. The third kappa shape index (κ3) is 1.84. The Hall–Kier alpha value is -0.870. The topological polar surface area (TPSA) is 38.3 Å². The molecular formula is C8H11NO2S. The minimum absolute atomic E-state index is 0.250. The maximum Gasteiger partial charge on any atom is 0.328 e. The summed E-state index contributed by atoms with van der Waals surface area (Å²) in [4.78, 5) is 12.1. The molecule has 0 aromatic carbocycles. The molecule has 0 aliphatic rings. The van der Waals surface area contributed by atoms with Crippen LogP contribution in [0.2, 0.25) is 0 Å². The van der Waals surface area contributed by atoms with Gasteiger partial charge in [-0.1, -0.05) is 6.07 Å². The lowest BCUT2D eigenvalue weighted by molar-refractivity contribution is -0.143. The number of carbonyl (C=O) groups is 1. The lowest BCUT2D eigenvalue weighted by Gasteiger charge is -2.10. The molecule has 0 aliphatic heterocycles. The van der Waals surface area contributed by atoms with Gasteiger partial charge in [0.2, 0.25) is 0 Å². The Labute approximate surface area is 75.4 Å². The van der Waals surface area contributed by atoms with E-state index in [1.54, 1.807) is 7.05 Å². The lowest BCUT2D eigenvalue weighted by atomic mass is 10.2. The maximum absolute atomic E-state index is 11.2. The van der Waals surface area contributed by atoms with Crippen molar-refractivity contribution in [3.8, 4) is 0 Å². The van der Waals surface area contributed by atoms with Crippen LogP contribution < -0.4 is 5.32 Å². The van der Waals surface area contributed by atoms with Gasteiger partial charge in [-0.15, -0.1) is 11.3 Å². The molecule has 0 amide bonds. The Bertz CT molecular complexity index is 246. The third-order valence-electron chi connectivity index (χ3n) is 1.55. The number of ether oxygens (including phenoxy) is 1. The number of carbonyl (C=O) groups excluding carboxylic acids is 1. The molecule has 66 valence electrons. The Morgan fingerprint density at radius 1 is 1.75 bits per heavy atom. The number of thiophene rings is 1. The summed E-state index contributed by atoms with van der Waals surface area (Å²) in [5.74, 6) is -0.250. The van der Waals surface area contributed by atoms with Crippen molar-refractivity contribution in [3.05, 3.63) is 22.4 Å². The summed E-state index contributed by atoms with van der Waals surface area (Å²) < 4.78 is 4.63. The Morgan fingerprint density at radius 3 is 2.92 bits per heavy atom. The number of hydrogen-bond acceptors (Lipinski definition) is 4. The average Bonchev–Trinajstić information content (AvgIpc) is 2.58. The first-order valence-electron chi connectivity index (χ1n) is 3.58. The van der Waals surface area contributed by atoms with E-state index in [1.165, 1.54) is 18.4 Å². The third-order valence-corrected chi connectivity index (χ3v) is 2.49. The van der Waals surface area contributed by atoms with Crippen LogP contribution in [-0.4, -0.2) is 20.1 Å².